The molecule has 25 heavy (non-hydrogen) atoms. The third-order valence-electron chi connectivity index (χ3n) is 3.85. The van der Waals surface area contributed by atoms with Crippen LogP contribution < -0.4 is 5.32 Å². The van der Waals surface area contributed by atoms with Gasteiger partial charge >= 0.3 is 5.97 Å². The minimum atomic E-state index is -0.844. The van der Waals surface area contributed by atoms with Gasteiger partial charge in [0.2, 0.25) is 0 Å². The molecule has 1 N–H and O–H groups in total. The number of hydrogen-bond acceptors (Lipinski definition) is 4. The fourth-order valence-electron chi connectivity index (χ4n) is 2.38. The van der Waals surface area contributed by atoms with E-state index in [1.807, 2.05) is 63.2 Å². The molecule has 0 aliphatic rings. The van der Waals surface area contributed by atoms with E-state index >= 15 is 0 Å². The third-order valence-corrected chi connectivity index (χ3v) is 4.99. The number of carbonyl (C=O) groups excluding carboxylic acids is 2. The number of ether oxygens (including phenoxy) is 1. The summed E-state index contributed by atoms with van der Waals surface area (Å²) >= 11 is 1.41. The van der Waals surface area contributed by atoms with Crippen LogP contribution in [0.15, 0.2) is 47.4 Å². The van der Waals surface area contributed by atoms with Gasteiger partial charge in [0.05, 0.1) is 5.75 Å². The number of aryl methyl sites for hydroxylation is 3. The number of thioether (sulfide) groups is 1. The SMILES string of the molecule is Cc1ccccc1SCC(=O)O[C@H](C)C(=O)Nc1c(C)cccc1C. The van der Waals surface area contributed by atoms with Crippen molar-refractivity contribution < 1.29 is 14.3 Å². The van der Waals surface area contributed by atoms with Gasteiger partial charge in [-0.15, -0.1) is 11.8 Å². The van der Waals surface area contributed by atoms with Crippen molar-refractivity contribution in [1.82, 2.24) is 0 Å². The Labute approximate surface area is 153 Å². The quantitative estimate of drug-likeness (QED) is 0.619. The highest BCUT2D eigenvalue weighted by molar-refractivity contribution is 8.00. The van der Waals surface area contributed by atoms with Crippen molar-refractivity contribution in [3.63, 3.8) is 0 Å². The first-order valence-electron chi connectivity index (χ1n) is 8.13. The lowest BCUT2D eigenvalue weighted by Gasteiger charge is -2.16. The Bertz CT molecular complexity index is 753. The molecule has 0 unspecified atom stereocenters. The maximum absolute atomic E-state index is 12.3. The van der Waals surface area contributed by atoms with Crippen molar-refractivity contribution in [2.24, 2.45) is 0 Å². The zero-order valence-corrected chi connectivity index (χ0v) is 15.8. The summed E-state index contributed by atoms with van der Waals surface area (Å²) in [7, 11) is 0. The van der Waals surface area contributed by atoms with Gasteiger partial charge in [-0.2, -0.15) is 0 Å². The third kappa shape index (κ3) is 5.36. The van der Waals surface area contributed by atoms with Crippen LogP contribution >= 0.6 is 11.8 Å². The minimum absolute atomic E-state index is 0.172. The molecule has 0 radical (unpaired) electrons. The molecule has 0 aliphatic heterocycles. The highest BCUT2D eigenvalue weighted by Crippen LogP contribution is 2.22. The molecule has 0 saturated heterocycles. The molecule has 0 heterocycles. The lowest BCUT2D eigenvalue weighted by molar-refractivity contribution is -0.150. The van der Waals surface area contributed by atoms with E-state index in [0.717, 1.165) is 27.3 Å². The van der Waals surface area contributed by atoms with Gasteiger partial charge in [-0.25, -0.2) is 0 Å². The van der Waals surface area contributed by atoms with E-state index in [-0.39, 0.29) is 11.7 Å². The Morgan fingerprint density at radius 3 is 2.24 bits per heavy atom. The van der Waals surface area contributed by atoms with Gasteiger partial charge in [-0.05, 0) is 50.5 Å². The van der Waals surface area contributed by atoms with Crippen LogP contribution in [-0.4, -0.2) is 23.7 Å². The van der Waals surface area contributed by atoms with Gasteiger partial charge in [0.25, 0.3) is 5.91 Å². The smallest absolute Gasteiger partial charge is 0.317 e. The normalized spacial score (nSPS) is 11.7. The molecule has 0 aliphatic carbocycles. The Balaban J connectivity index is 1.88. The Morgan fingerprint density at radius 1 is 1.00 bits per heavy atom. The monoisotopic (exact) mass is 357 g/mol. The van der Waals surface area contributed by atoms with Gasteiger partial charge in [0, 0.05) is 10.6 Å². The molecule has 2 aromatic rings. The number of rotatable bonds is 6. The molecule has 0 bridgehead atoms. The van der Waals surface area contributed by atoms with Crippen LogP contribution in [0.1, 0.15) is 23.6 Å². The Hall–Kier alpha value is -2.27. The molecule has 0 aromatic heterocycles. The fourth-order valence-corrected chi connectivity index (χ4v) is 3.19. The summed E-state index contributed by atoms with van der Waals surface area (Å²) in [6.45, 7) is 7.43. The highest BCUT2D eigenvalue weighted by Gasteiger charge is 2.19. The first kappa shape index (κ1) is 19.1. The standard InChI is InChI=1S/C20H23NO3S/c1-13-8-5-6-11-17(13)25-12-18(22)24-16(4)20(23)21-19-14(2)9-7-10-15(19)3/h5-11,16H,12H2,1-4H3,(H,21,23)/t16-/m1/s1. The number of anilines is 1. The molecule has 4 nitrogen and oxygen atoms in total. The van der Waals surface area contributed by atoms with Crippen molar-refractivity contribution in [1.29, 1.82) is 0 Å². The predicted molar refractivity (Wildman–Crippen MR) is 102 cm³/mol. The number of esters is 1. The van der Waals surface area contributed by atoms with Crippen LogP contribution in [0.5, 0.6) is 0 Å². The van der Waals surface area contributed by atoms with Crippen molar-refractivity contribution in [3.8, 4) is 0 Å². The second-order valence-corrected chi connectivity index (χ2v) is 6.96. The average molecular weight is 357 g/mol. The second kappa shape index (κ2) is 8.72. The number of carbonyl (C=O) groups is 2. The van der Waals surface area contributed by atoms with E-state index in [4.69, 9.17) is 4.74 Å². The lowest BCUT2D eigenvalue weighted by atomic mass is 10.1. The molecule has 2 rings (SSSR count). The summed E-state index contributed by atoms with van der Waals surface area (Å²) in [5.74, 6) is -0.560. The Kier molecular flexibility index (Phi) is 6.65. The van der Waals surface area contributed by atoms with E-state index in [9.17, 15) is 9.59 Å². The molecule has 132 valence electrons. The molecule has 5 heteroatoms. The first-order valence-corrected chi connectivity index (χ1v) is 9.12. The van der Waals surface area contributed by atoms with Crippen molar-refractivity contribution in [3.05, 3.63) is 59.2 Å². The summed E-state index contributed by atoms with van der Waals surface area (Å²) in [6.07, 6.45) is -0.844. The summed E-state index contributed by atoms with van der Waals surface area (Å²) in [5, 5.41) is 2.84. The van der Waals surface area contributed by atoms with Crippen molar-refractivity contribution >= 4 is 29.3 Å². The molecular formula is C20H23NO3S. The van der Waals surface area contributed by atoms with Gasteiger partial charge in [0.1, 0.15) is 0 Å². The maximum Gasteiger partial charge on any atom is 0.317 e. The first-order chi connectivity index (χ1) is 11.9. The molecule has 1 atom stereocenters. The van der Waals surface area contributed by atoms with E-state index in [2.05, 4.69) is 5.32 Å². The van der Waals surface area contributed by atoms with E-state index in [0.29, 0.717) is 0 Å². The van der Waals surface area contributed by atoms with Crippen LogP contribution in [0.25, 0.3) is 0 Å². The largest absolute Gasteiger partial charge is 0.452 e. The van der Waals surface area contributed by atoms with Crippen LogP contribution in [0, 0.1) is 20.8 Å². The number of benzene rings is 2. The molecule has 0 saturated carbocycles. The van der Waals surface area contributed by atoms with Crippen LogP contribution in [0.4, 0.5) is 5.69 Å². The molecule has 2 aromatic carbocycles. The van der Waals surface area contributed by atoms with Crippen LogP contribution in [0.3, 0.4) is 0 Å². The minimum Gasteiger partial charge on any atom is -0.452 e. The summed E-state index contributed by atoms with van der Waals surface area (Å²) in [6, 6.07) is 13.6. The van der Waals surface area contributed by atoms with Crippen LogP contribution in [-0.2, 0) is 14.3 Å². The zero-order chi connectivity index (χ0) is 18.4. The zero-order valence-electron chi connectivity index (χ0n) is 15.0. The van der Waals surface area contributed by atoms with E-state index < -0.39 is 12.1 Å². The van der Waals surface area contributed by atoms with Crippen LogP contribution in [0.2, 0.25) is 0 Å². The summed E-state index contributed by atoms with van der Waals surface area (Å²) in [5.41, 5.74) is 3.83. The summed E-state index contributed by atoms with van der Waals surface area (Å²) in [4.78, 5) is 25.3. The van der Waals surface area contributed by atoms with Crippen molar-refractivity contribution in [2.75, 3.05) is 11.1 Å². The topological polar surface area (TPSA) is 55.4 Å². The van der Waals surface area contributed by atoms with Gasteiger partial charge in [0.15, 0.2) is 6.10 Å². The highest BCUT2D eigenvalue weighted by atomic mass is 32.2. The molecule has 0 spiro atoms. The maximum atomic E-state index is 12.3. The van der Waals surface area contributed by atoms with Gasteiger partial charge in [-0.3, -0.25) is 9.59 Å². The number of hydrogen-bond donors (Lipinski definition) is 1. The average Bonchev–Trinajstić information content (AvgIpc) is 2.57. The van der Waals surface area contributed by atoms with E-state index in [1.165, 1.54) is 11.8 Å². The van der Waals surface area contributed by atoms with Gasteiger partial charge < -0.3 is 10.1 Å². The Morgan fingerprint density at radius 2 is 1.60 bits per heavy atom. The lowest BCUT2D eigenvalue weighted by Crippen LogP contribution is -2.31. The fraction of sp³-hybridized carbons (Fsp3) is 0.300. The van der Waals surface area contributed by atoms with Gasteiger partial charge in [-0.1, -0.05) is 36.4 Å². The molecular weight excluding hydrogens is 334 g/mol. The van der Waals surface area contributed by atoms with E-state index in [1.54, 1.807) is 6.92 Å². The van der Waals surface area contributed by atoms with Crippen molar-refractivity contribution in [2.45, 2.75) is 38.7 Å². The number of amides is 1. The second-order valence-electron chi connectivity index (χ2n) is 5.94. The number of nitrogens with one attached hydrogen (secondary N) is 1. The number of para-hydroxylation sites is 1. The molecule has 0 fully saturated rings. The predicted octanol–water partition coefficient (Wildman–Crippen LogP) is 4.27. The summed E-state index contributed by atoms with van der Waals surface area (Å²) < 4.78 is 5.25. The molecule has 1 amide bonds.